The average molecular weight is 523 g/mol. The third-order valence-corrected chi connectivity index (χ3v) is 9.46. The zero-order valence-corrected chi connectivity index (χ0v) is 20.1. The number of benzene rings is 1. The highest BCUT2D eigenvalue weighted by Crippen LogP contribution is 2.32. The Morgan fingerprint density at radius 3 is 2.55 bits per heavy atom. The SMILES string of the molecule is O=C1CC(N(CCC2=CCCCC2)S(=O)(=O)c2cccs2)C(=O)N1c1ccc(Br)cc1. The molecule has 2 aliphatic rings. The first-order valence-electron chi connectivity index (χ1n) is 10.2. The largest absolute Gasteiger partial charge is 0.274 e. The summed E-state index contributed by atoms with van der Waals surface area (Å²) in [6, 6.07) is 9.03. The van der Waals surface area contributed by atoms with Crippen molar-refractivity contribution in [1.82, 2.24) is 4.31 Å². The lowest BCUT2D eigenvalue weighted by atomic mass is 9.97. The number of carbonyl (C=O) groups excluding carboxylic acids is 2. The Hall–Kier alpha value is -1.81. The third-order valence-electron chi connectivity index (χ3n) is 5.65. The summed E-state index contributed by atoms with van der Waals surface area (Å²) in [5.41, 5.74) is 1.67. The number of imide groups is 1. The van der Waals surface area contributed by atoms with Crippen LogP contribution in [0, 0.1) is 0 Å². The highest BCUT2D eigenvalue weighted by Gasteiger charge is 2.47. The molecule has 0 bridgehead atoms. The van der Waals surface area contributed by atoms with E-state index in [0.717, 1.165) is 46.4 Å². The molecular formula is C22H23BrN2O4S2. The fourth-order valence-electron chi connectivity index (χ4n) is 4.06. The van der Waals surface area contributed by atoms with Gasteiger partial charge in [0.2, 0.25) is 5.91 Å². The zero-order chi connectivity index (χ0) is 22.0. The third kappa shape index (κ3) is 4.69. The Morgan fingerprint density at radius 2 is 1.90 bits per heavy atom. The molecule has 164 valence electrons. The summed E-state index contributed by atoms with van der Waals surface area (Å²) in [6.07, 6.45) is 6.80. The van der Waals surface area contributed by atoms with Crippen LogP contribution < -0.4 is 4.90 Å². The molecule has 4 rings (SSSR count). The number of sulfonamides is 1. The summed E-state index contributed by atoms with van der Waals surface area (Å²) in [6.45, 7) is 0.184. The second kappa shape index (κ2) is 9.36. The molecule has 1 unspecified atom stereocenters. The van der Waals surface area contributed by atoms with E-state index < -0.39 is 22.0 Å². The lowest BCUT2D eigenvalue weighted by Crippen LogP contribution is -2.45. The van der Waals surface area contributed by atoms with E-state index in [9.17, 15) is 18.0 Å². The van der Waals surface area contributed by atoms with Crippen molar-refractivity contribution in [3.05, 3.63) is 57.9 Å². The summed E-state index contributed by atoms with van der Waals surface area (Å²) in [5, 5.41) is 1.70. The number of hydrogen-bond donors (Lipinski definition) is 0. The van der Waals surface area contributed by atoms with Gasteiger partial charge < -0.3 is 0 Å². The molecule has 1 aliphatic heterocycles. The molecule has 0 spiro atoms. The van der Waals surface area contributed by atoms with Crippen molar-refractivity contribution >= 4 is 54.8 Å². The van der Waals surface area contributed by atoms with Crippen molar-refractivity contribution in [2.24, 2.45) is 0 Å². The number of thiophene rings is 1. The van der Waals surface area contributed by atoms with E-state index in [1.807, 2.05) is 0 Å². The van der Waals surface area contributed by atoms with E-state index in [1.165, 1.54) is 9.88 Å². The number of carbonyl (C=O) groups is 2. The number of nitrogens with zero attached hydrogens (tertiary/aromatic N) is 2. The van der Waals surface area contributed by atoms with Crippen LogP contribution in [0.15, 0.2) is 62.1 Å². The van der Waals surface area contributed by atoms with Gasteiger partial charge in [0, 0.05) is 11.0 Å². The Bertz CT molecular complexity index is 1100. The van der Waals surface area contributed by atoms with Gasteiger partial charge in [0.25, 0.3) is 15.9 Å². The number of hydrogen-bond acceptors (Lipinski definition) is 5. The van der Waals surface area contributed by atoms with Gasteiger partial charge in [-0.25, -0.2) is 13.3 Å². The number of rotatable bonds is 7. The van der Waals surface area contributed by atoms with Crippen molar-refractivity contribution in [2.45, 2.75) is 48.8 Å². The van der Waals surface area contributed by atoms with Crippen molar-refractivity contribution in [1.29, 1.82) is 0 Å². The topological polar surface area (TPSA) is 74.8 Å². The Balaban J connectivity index is 1.64. The molecule has 2 heterocycles. The maximum absolute atomic E-state index is 13.4. The lowest BCUT2D eigenvalue weighted by Gasteiger charge is -2.27. The van der Waals surface area contributed by atoms with Gasteiger partial charge in [0.05, 0.1) is 12.1 Å². The first-order chi connectivity index (χ1) is 14.9. The second-order valence-electron chi connectivity index (χ2n) is 7.67. The van der Waals surface area contributed by atoms with Crippen molar-refractivity contribution in [2.75, 3.05) is 11.4 Å². The lowest BCUT2D eigenvalue weighted by molar-refractivity contribution is -0.122. The smallest absolute Gasteiger partial charge is 0.253 e. The minimum Gasteiger partial charge on any atom is -0.274 e. The molecule has 1 aliphatic carbocycles. The predicted molar refractivity (Wildman–Crippen MR) is 124 cm³/mol. The molecule has 2 amide bonds. The zero-order valence-electron chi connectivity index (χ0n) is 16.9. The molecule has 0 radical (unpaired) electrons. The van der Waals surface area contributed by atoms with Crippen LogP contribution in [0.5, 0.6) is 0 Å². The Morgan fingerprint density at radius 1 is 1.13 bits per heavy atom. The highest BCUT2D eigenvalue weighted by atomic mass is 79.9. The van der Waals surface area contributed by atoms with Crippen LogP contribution >= 0.6 is 27.3 Å². The average Bonchev–Trinajstić information content (AvgIpc) is 3.39. The van der Waals surface area contributed by atoms with Crippen molar-refractivity contribution in [3.63, 3.8) is 0 Å². The highest BCUT2D eigenvalue weighted by molar-refractivity contribution is 9.10. The van der Waals surface area contributed by atoms with Gasteiger partial charge in [-0.2, -0.15) is 4.31 Å². The van der Waals surface area contributed by atoms with Crippen LogP contribution in [0.3, 0.4) is 0 Å². The van der Waals surface area contributed by atoms with Crippen LogP contribution in [-0.2, 0) is 19.6 Å². The molecule has 6 nitrogen and oxygen atoms in total. The van der Waals surface area contributed by atoms with Crippen molar-refractivity contribution < 1.29 is 18.0 Å². The van der Waals surface area contributed by atoms with Crippen LogP contribution in [0.2, 0.25) is 0 Å². The van der Waals surface area contributed by atoms with Gasteiger partial charge in [0.1, 0.15) is 10.3 Å². The van der Waals surface area contributed by atoms with E-state index in [1.54, 1.807) is 41.8 Å². The van der Waals surface area contributed by atoms with E-state index in [2.05, 4.69) is 22.0 Å². The fourth-order valence-corrected chi connectivity index (χ4v) is 7.02. The summed E-state index contributed by atoms with van der Waals surface area (Å²) in [5.74, 6) is -0.884. The molecule has 1 atom stereocenters. The van der Waals surface area contributed by atoms with Crippen LogP contribution in [0.25, 0.3) is 0 Å². The van der Waals surface area contributed by atoms with E-state index in [0.29, 0.717) is 12.1 Å². The summed E-state index contributed by atoms with van der Waals surface area (Å²) < 4.78 is 29.1. The second-order valence-corrected chi connectivity index (χ2v) is 11.7. The number of anilines is 1. The quantitative estimate of drug-likeness (QED) is 0.389. The number of allylic oxidation sites excluding steroid dienone is 1. The molecule has 1 saturated heterocycles. The van der Waals surface area contributed by atoms with E-state index in [-0.39, 0.29) is 23.1 Å². The first kappa shape index (κ1) is 22.4. The van der Waals surface area contributed by atoms with Gasteiger partial charge in [-0.1, -0.05) is 33.6 Å². The monoisotopic (exact) mass is 522 g/mol. The van der Waals surface area contributed by atoms with E-state index in [4.69, 9.17) is 0 Å². The van der Waals surface area contributed by atoms with Gasteiger partial charge in [-0.3, -0.25) is 9.59 Å². The number of amides is 2. The van der Waals surface area contributed by atoms with Crippen LogP contribution in [0.1, 0.15) is 38.5 Å². The molecule has 1 fully saturated rings. The van der Waals surface area contributed by atoms with Crippen LogP contribution in [-0.4, -0.2) is 37.1 Å². The molecule has 0 saturated carbocycles. The molecular weight excluding hydrogens is 500 g/mol. The van der Waals surface area contributed by atoms with Gasteiger partial charge in [-0.05, 0) is 67.8 Å². The standard InChI is InChI=1S/C22H23BrN2O4S2/c23-17-8-10-18(11-9-17)25-20(26)15-19(22(25)27)24(13-12-16-5-2-1-3-6-16)31(28,29)21-7-4-14-30-21/h4-5,7-11,14,19H,1-3,6,12-13,15H2. The molecule has 31 heavy (non-hydrogen) atoms. The molecule has 1 aromatic carbocycles. The summed E-state index contributed by atoms with van der Waals surface area (Å²) in [4.78, 5) is 27.2. The molecule has 0 N–H and O–H groups in total. The van der Waals surface area contributed by atoms with E-state index >= 15 is 0 Å². The normalized spacial score (nSPS) is 19.9. The van der Waals surface area contributed by atoms with Crippen molar-refractivity contribution in [3.8, 4) is 0 Å². The maximum atomic E-state index is 13.4. The maximum Gasteiger partial charge on any atom is 0.253 e. The van der Waals surface area contributed by atoms with Gasteiger partial charge in [0.15, 0.2) is 0 Å². The Labute approximate surface area is 194 Å². The van der Waals surface area contributed by atoms with Gasteiger partial charge >= 0.3 is 0 Å². The Kier molecular flexibility index (Phi) is 6.76. The molecule has 9 heteroatoms. The van der Waals surface area contributed by atoms with Gasteiger partial charge in [-0.15, -0.1) is 11.3 Å². The van der Waals surface area contributed by atoms with Crippen LogP contribution in [0.4, 0.5) is 5.69 Å². The summed E-state index contributed by atoms with van der Waals surface area (Å²) in [7, 11) is -3.89. The fraction of sp³-hybridized carbons (Fsp3) is 0.364. The summed E-state index contributed by atoms with van der Waals surface area (Å²) >= 11 is 4.47. The molecule has 2 aromatic rings. The number of halogens is 1. The first-order valence-corrected chi connectivity index (χ1v) is 13.3. The predicted octanol–water partition coefficient (Wildman–Crippen LogP) is 4.72. The minimum atomic E-state index is -3.89. The minimum absolute atomic E-state index is 0.154. The molecule has 1 aromatic heterocycles.